The third-order valence-electron chi connectivity index (χ3n) is 2.00. The van der Waals surface area contributed by atoms with E-state index in [4.69, 9.17) is 9.66 Å². The molecule has 2 rings (SSSR count). The Bertz CT molecular complexity index is 628. The summed E-state index contributed by atoms with van der Waals surface area (Å²) in [4.78, 5) is 0. The van der Waals surface area contributed by atoms with Gasteiger partial charge in [-0.15, -0.1) is 0 Å². The number of aromatic hydroxyl groups is 2. The molecule has 1 heterocycles. The molecule has 0 aliphatic carbocycles. The molecule has 0 aliphatic rings. The standard InChI is InChI=1S/C8H7NO5S/c10-7-3-5-1-2-9(15(12,13)14)6(5)4-8(7)11/h1-4,10-11H,(H,12,13,14). The van der Waals surface area contributed by atoms with Crippen molar-refractivity contribution >= 4 is 21.2 Å². The molecule has 0 radical (unpaired) electrons. The van der Waals surface area contributed by atoms with Gasteiger partial charge >= 0.3 is 10.3 Å². The van der Waals surface area contributed by atoms with Crippen LogP contribution in [-0.2, 0) is 10.3 Å². The lowest BCUT2D eigenvalue weighted by molar-refractivity contribution is 0.404. The molecule has 80 valence electrons. The first-order valence-electron chi connectivity index (χ1n) is 3.90. The minimum absolute atomic E-state index is 0.0906. The van der Waals surface area contributed by atoms with Crippen molar-refractivity contribution in [2.24, 2.45) is 0 Å². The fraction of sp³-hybridized carbons (Fsp3) is 0. The van der Waals surface area contributed by atoms with E-state index in [9.17, 15) is 13.5 Å². The molecule has 7 heteroatoms. The third-order valence-corrected chi connectivity index (χ3v) is 2.81. The van der Waals surface area contributed by atoms with Crippen molar-refractivity contribution in [3.63, 3.8) is 0 Å². The van der Waals surface area contributed by atoms with Crippen LogP contribution in [0.25, 0.3) is 10.9 Å². The van der Waals surface area contributed by atoms with Gasteiger partial charge in [0.05, 0.1) is 5.52 Å². The van der Waals surface area contributed by atoms with Crippen LogP contribution in [0.4, 0.5) is 0 Å². The summed E-state index contributed by atoms with van der Waals surface area (Å²) in [6.45, 7) is 0. The van der Waals surface area contributed by atoms with E-state index in [2.05, 4.69) is 0 Å². The molecule has 3 N–H and O–H groups in total. The molecule has 0 bridgehead atoms. The lowest BCUT2D eigenvalue weighted by Crippen LogP contribution is -2.08. The monoisotopic (exact) mass is 229 g/mol. The van der Waals surface area contributed by atoms with Crippen LogP contribution in [0.1, 0.15) is 0 Å². The third kappa shape index (κ3) is 1.51. The summed E-state index contributed by atoms with van der Waals surface area (Å²) in [5.41, 5.74) is 0.0906. The highest BCUT2D eigenvalue weighted by molar-refractivity contribution is 7.84. The molecule has 0 saturated heterocycles. The van der Waals surface area contributed by atoms with Gasteiger partial charge in [0.2, 0.25) is 0 Å². The van der Waals surface area contributed by atoms with Gasteiger partial charge in [-0.2, -0.15) is 8.42 Å². The first kappa shape index (κ1) is 9.81. The van der Waals surface area contributed by atoms with E-state index in [0.29, 0.717) is 9.36 Å². The summed E-state index contributed by atoms with van der Waals surface area (Å²) in [6, 6.07) is 3.65. The van der Waals surface area contributed by atoms with Crippen molar-refractivity contribution in [1.29, 1.82) is 0 Å². The van der Waals surface area contributed by atoms with E-state index in [1.807, 2.05) is 0 Å². The summed E-state index contributed by atoms with van der Waals surface area (Å²) in [6.07, 6.45) is 1.12. The molecule has 1 aromatic heterocycles. The van der Waals surface area contributed by atoms with Crippen molar-refractivity contribution < 1.29 is 23.2 Å². The Morgan fingerprint density at radius 1 is 1.13 bits per heavy atom. The molecule has 0 atom stereocenters. The van der Waals surface area contributed by atoms with E-state index in [0.717, 1.165) is 12.3 Å². The van der Waals surface area contributed by atoms with Gasteiger partial charge in [-0.3, -0.25) is 4.55 Å². The van der Waals surface area contributed by atoms with Crippen LogP contribution >= 0.6 is 0 Å². The fourth-order valence-electron chi connectivity index (χ4n) is 1.34. The minimum atomic E-state index is -4.39. The maximum Gasteiger partial charge on any atom is 0.363 e. The van der Waals surface area contributed by atoms with Gasteiger partial charge in [0.1, 0.15) is 0 Å². The summed E-state index contributed by atoms with van der Waals surface area (Å²) >= 11 is 0. The number of hydrogen-bond acceptors (Lipinski definition) is 4. The molecule has 0 aliphatic heterocycles. The quantitative estimate of drug-likeness (QED) is 0.493. The number of fused-ring (bicyclic) bond motifs is 1. The lowest BCUT2D eigenvalue weighted by Gasteiger charge is -2.01. The largest absolute Gasteiger partial charge is 0.504 e. The summed E-state index contributed by atoms with van der Waals surface area (Å²) in [5.74, 6) is -0.804. The highest BCUT2D eigenvalue weighted by Crippen LogP contribution is 2.31. The van der Waals surface area contributed by atoms with Crippen LogP contribution in [-0.4, -0.2) is 27.2 Å². The van der Waals surface area contributed by atoms with E-state index in [-0.39, 0.29) is 11.3 Å². The molecule has 0 spiro atoms. The molecule has 6 nitrogen and oxygen atoms in total. The Morgan fingerprint density at radius 2 is 1.73 bits per heavy atom. The van der Waals surface area contributed by atoms with E-state index >= 15 is 0 Å². The van der Waals surface area contributed by atoms with Crippen LogP contribution in [0.2, 0.25) is 0 Å². The first-order chi connectivity index (χ1) is 6.89. The maximum atomic E-state index is 10.9. The Labute approximate surface area is 84.9 Å². The van der Waals surface area contributed by atoms with Gasteiger partial charge in [-0.05, 0) is 12.1 Å². The van der Waals surface area contributed by atoms with Crippen LogP contribution in [0, 0.1) is 0 Å². The topological polar surface area (TPSA) is 99.8 Å². The zero-order valence-corrected chi connectivity index (χ0v) is 8.14. The normalized spacial score (nSPS) is 12.1. The van der Waals surface area contributed by atoms with Crippen molar-refractivity contribution in [3.8, 4) is 11.5 Å². The number of phenolic OH excluding ortho intramolecular Hbond substituents is 2. The Kier molecular flexibility index (Phi) is 1.88. The molecule has 15 heavy (non-hydrogen) atoms. The second-order valence-corrected chi connectivity index (χ2v) is 4.28. The molecule has 0 unspecified atom stereocenters. The van der Waals surface area contributed by atoms with E-state index in [1.54, 1.807) is 0 Å². The van der Waals surface area contributed by atoms with Gasteiger partial charge in [-0.1, -0.05) is 0 Å². The zero-order chi connectivity index (χ0) is 11.2. The van der Waals surface area contributed by atoms with Gasteiger partial charge < -0.3 is 10.2 Å². The average molecular weight is 229 g/mol. The fourth-order valence-corrected chi connectivity index (χ4v) is 1.96. The van der Waals surface area contributed by atoms with Crippen LogP contribution in [0.3, 0.4) is 0 Å². The number of benzene rings is 1. The minimum Gasteiger partial charge on any atom is -0.504 e. The molecule has 1 aromatic carbocycles. The second kappa shape index (κ2) is 2.88. The number of rotatable bonds is 1. The van der Waals surface area contributed by atoms with Crippen molar-refractivity contribution in [2.45, 2.75) is 0 Å². The SMILES string of the molecule is O=S(=O)(O)n1ccc2cc(O)c(O)cc21. The van der Waals surface area contributed by atoms with Crippen LogP contribution in [0.5, 0.6) is 11.5 Å². The Hall–Kier alpha value is -1.73. The summed E-state index contributed by atoms with van der Waals surface area (Å²) in [7, 11) is -4.39. The smallest absolute Gasteiger partial charge is 0.363 e. The number of hydrogen-bond donors (Lipinski definition) is 3. The Balaban J connectivity index is 2.87. The summed E-state index contributed by atoms with van der Waals surface area (Å²) in [5, 5.41) is 18.7. The van der Waals surface area contributed by atoms with Gasteiger partial charge in [-0.25, -0.2) is 3.97 Å². The number of phenols is 2. The zero-order valence-electron chi connectivity index (χ0n) is 7.32. The number of aromatic nitrogens is 1. The number of nitrogens with zero attached hydrogens (tertiary/aromatic N) is 1. The molecule has 0 amide bonds. The van der Waals surface area contributed by atoms with Crippen LogP contribution in [0.15, 0.2) is 24.4 Å². The molecule has 0 saturated carbocycles. The van der Waals surface area contributed by atoms with E-state index < -0.39 is 16.1 Å². The summed E-state index contributed by atoms with van der Waals surface area (Å²) < 4.78 is 31.2. The van der Waals surface area contributed by atoms with Crippen molar-refractivity contribution in [1.82, 2.24) is 3.97 Å². The molecule has 2 aromatic rings. The first-order valence-corrected chi connectivity index (χ1v) is 5.30. The van der Waals surface area contributed by atoms with Gasteiger partial charge in [0.25, 0.3) is 0 Å². The highest BCUT2D eigenvalue weighted by atomic mass is 32.2. The predicted molar refractivity (Wildman–Crippen MR) is 52.2 cm³/mol. The van der Waals surface area contributed by atoms with Crippen LogP contribution < -0.4 is 0 Å². The molecular weight excluding hydrogens is 222 g/mol. The Morgan fingerprint density at radius 3 is 2.33 bits per heavy atom. The van der Waals surface area contributed by atoms with Crippen molar-refractivity contribution in [3.05, 3.63) is 24.4 Å². The maximum absolute atomic E-state index is 10.9. The average Bonchev–Trinajstić information content (AvgIpc) is 2.47. The van der Waals surface area contributed by atoms with Gasteiger partial charge in [0, 0.05) is 17.6 Å². The van der Waals surface area contributed by atoms with Gasteiger partial charge in [0.15, 0.2) is 11.5 Å². The van der Waals surface area contributed by atoms with E-state index in [1.165, 1.54) is 12.1 Å². The molecule has 0 fully saturated rings. The predicted octanol–water partition coefficient (Wildman–Crippen LogP) is 0.703. The lowest BCUT2D eigenvalue weighted by atomic mass is 10.2. The molecular formula is C8H7NO5S. The van der Waals surface area contributed by atoms with Crippen molar-refractivity contribution in [2.75, 3.05) is 0 Å². The second-order valence-electron chi connectivity index (χ2n) is 2.99. The highest BCUT2D eigenvalue weighted by Gasteiger charge is 2.13.